The number of hydrogen-bond donors (Lipinski definition) is 1. The second kappa shape index (κ2) is 4.71. The number of aryl methyl sites for hydroxylation is 1. The molecule has 0 saturated carbocycles. The number of carboxylic acid groups (broad SMARTS) is 1. The maximum Gasteiger partial charge on any atom is 0.307 e. The minimum atomic E-state index is -2.84. The molecular weight excluding hydrogens is 216 g/mol. The molecule has 16 heavy (non-hydrogen) atoms. The molecule has 0 aliphatic heterocycles. The Kier molecular flexibility index (Phi) is 3.56. The zero-order valence-corrected chi connectivity index (χ0v) is 8.50. The van der Waals surface area contributed by atoms with Crippen LogP contribution in [0.3, 0.4) is 0 Å². The monoisotopic (exact) mass is 225 g/mol. The molecule has 0 amide bonds. The van der Waals surface area contributed by atoms with Crippen LogP contribution >= 0.6 is 0 Å². The lowest BCUT2D eigenvalue weighted by Crippen LogP contribution is -2.08. The van der Waals surface area contributed by atoms with Crippen molar-refractivity contribution in [2.24, 2.45) is 0 Å². The predicted molar refractivity (Wildman–Crippen MR) is 52.2 cm³/mol. The molecule has 0 fully saturated rings. The first kappa shape index (κ1) is 12.1. The first-order chi connectivity index (χ1) is 7.47. The van der Waals surface area contributed by atoms with E-state index < -0.39 is 24.4 Å². The number of aliphatic carboxylic acids is 1. The molecule has 0 radical (unpaired) electrons. The van der Waals surface area contributed by atoms with Crippen molar-refractivity contribution in [3.05, 3.63) is 34.4 Å². The van der Waals surface area contributed by atoms with Crippen LogP contribution in [0.4, 0.5) is 8.78 Å². The van der Waals surface area contributed by atoms with Gasteiger partial charge in [-0.25, -0.2) is 8.78 Å². The maximum atomic E-state index is 12.8. The highest BCUT2D eigenvalue weighted by molar-refractivity contribution is 5.72. The summed E-state index contributed by atoms with van der Waals surface area (Å²) >= 11 is 0. The van der Waals surface area contributed by atoms with Gasteiger partial charge in [-0.3, -0.25) is 4.79 Å². The lowest BCUT2D eigenvalue weighted by atomic mass is 9.95. The highest BCUT2D eigenvalue weighted by atomic mass is 19.3. The normalized spacial score (nSPS) is 10.2. The van der Waals surface area contributed by atoms with Gasteiger partial charge in [0.1, 0.15) is 0 Å². The lowest BCUT2D eigenvalue weighted by molar-refractivity contribution is -0.136. The molecule has 0 aliphatic carbocycles. The summed E-state index contributed by atoms with van der Waals surface area (Å²) in [4.78, 5) is 10.6. The number of carbonyl (C=O) groups is 1. The Hall–Kier alpha value is -1.96. The molecule has 0 unspecified atom stereocenters. The Labute approximate surface area is 90.9 Å². The number of alkyl halides is 2. The Bertz CT molecular complexity index is 464. The van der Waals surface area contributed by atoms with E-state index in [0.717, 1.165) is 0 Å². The van der Waals surface area contributed by atoms with Crippen LogP contribution in [-0.4, -0.2) is 11.1 Å². The average Bonchev–Trinajstić information content (AvgIpc) is 2.19. The van der Waals surface area contributed by atoms with Crippen molar-refractivity contribution < 1.29 is 18.7 Å². The van der Waals surface area contributed by atoms with Crippen LogP contribution in [0.15, 0.2) is 12.1 Å². The number of hydrogen-bond acceptors (Lipinski definition) is 2. The van der Waals surface area contributed by atoms with Crippen molar-refractivity contribution >= 4 is 5.97 Å². The van der Waals surface area contributed by atoms with E-state index >= 15 is 0 Å². The molecule has 84 valence electrons. The summed E-state index contributed by atoms with van der Waals surface area (Å²) in [6.07, 6.45) is -3.34. The third-order valence-electron chi connectivity index (χ3n) is 2.26. The van der Waals surface area contributed by atoms with Gasteiger partial charge in [0.15, 0.2) is 0 Å². The predicted octanol–water partition coefficient (Wildman–Crippen LogP) is 2.43. The fourth-order valence-electron chi connectivity index (χ4n) is 1.51. The van der Waals surface area contributed by atoms with Gasteiger partial charge < -0.3 is 5.11 Å². The van der Waals surface area contributed by atoms with E-state index in [2.05, 4.69) is 0 Å². The molecule has 1 aromatic carbocycles. The molecule has 0 atom stereocenters. The van der Waals surface area contributed by atoms with Gasteiger partial charge in [0.25, 0.3) is 6.43 Å². The fourth-order valence-corrected chi connectivity index (χ4v) is 1.51. The molecule has 0 aliphatic rings. The van der Waals surface area contributed by atoms with Crippen LogP contribution in [0, 0.1) is 18.3 Å². The van der Waals surface area contributed by atoms with E-state index in [0.29, 0.717) is 5.56 Å². The van der Waals surface area contributed by atoms with E-state index in [4.69, 9.17) is 10.4 Å². The fraction of sp³-hybridized carbons (Fsp3) is 0.273. The molecule has 0 heterocycles. The molecular formula is C11H9F2NO2. The topological polar surface area (TPSA) is 61.1 Å². The Morgan fingerprint density at radius 3 is 2.62 bits per heavy atom. The van der Waals surface area contributed by atoms with Crippen LogP contribution in [0.2, 0.25) is 0 Å². The molecule has 0 aromatic heterocycles. The second-order valence-corrected chi connectivity index (χ2v) is 3.31. The van der Waals surface area contributed by atoms with Gasteiger partial charge in [0.05, 0.1) is 18.1 Å². The summed E-state index contributed by atoms with van der Waals surface area (Å²) in [6.45, 7) is 1.55. The zero-order chi connectivity index (χ0) is 12.3. The molecule has 3 nitrogen and oxygen atoms in total. The van der Waals surface area contributed by atoms with Crippen LogP contribution in [0.25, 0.3) is 0 Å². The molecule has 1 aromatic rings. The second-order valence-electron chi connectivity index (χ2n) is 3.31. The molecule has 0 bridgehead atoms. The zero-order valence-electron chi connectivity index (χ0n) is 8.50. The number of nitriles is 1. The summed E-state index contributed by atoms with van der Waals surface area (Å²) in [5, 5.41) is 17.3. The van der Waals surface area contributed by atoms with E-state index in [-0.39, 0.29) is 11.1 Å². The maximum absolute atomic E-state index is 12.8. The van der Waals surface area contributed by atoms with Gasteiger partial charge in [-0.1, -0.05) is 6.07 Å². The van der Waals surface area contributed by atoms with Crippen LogP contribution in [0.1, 0.15) is 28.7 Å². The van der Waals surface area contributed by atoms with Crippen molar-refractivity contribution in [1.29, 1.82) is 5.26 Å². The van der Waals surface area contributed by atoms with Gasteiger partial charge in [-0.2, -0.15) is 5.26 Å². The van der Waals surface area contributed by atoms with E-state index in [1.54, 1.807) is 13.0 Å². The lowest BCUT2D eigenvalue weighted by Gasteiger charge is -2.11. The Balaban J connectivity index is 3.43. The highest BCUT2D eigenvalue weighted by Gasteiger charge is 2.21. The van der Waals surface area contributed by atoms with Crippen LogP contribution in [0.5, 0.6) is 0 Å². The largest absolute Gasteiger partial charge is 0.481 e. The summed E-state index contributed by atoms with van der Waals surface area (Å²) in [5.74, 6) is -1.19. The third kappa shape index (κ3) is 2.34. The van der Waals surface area contributed by atoms with Crippen molar-refractivity contribution in [2.45, 2.75) is 19.8 Å². The Morgan fingerprint density at radius 2 is 2.19 bits per heavy atom. The third-order valence-corrected chi connectivity index (χ3v) is 2.26. The van der Waals surface area contributed by atoms with E-state index in [9.17, 15) is 13.6 Å². The number of rotatable bonds is 3. The number of nitrogens with zero attached hydrogens (tertiary/aromatic N) is 1. The molecule has 0 spiro atoms. The summed E-state index contributed by atoms with van der Waals surface area (Å²) in [5.41, 5.74) is -0.153. The highest BCUT2D eigenvalue weighted by Crippen LogP contribution is 2.29. The van der Waals surface area contributed by atoms with E-state index in [1.165, 1.54) is 12.1 Å². The van der Waals surface area contributed by atoms with Crippen molar-refractivity contribution in [3.8, 4) is 6.07 Å². The molecule has 1 N–H and O–H groups in total. The van der Waals surface area contributed by atoms with E-state index in [1.807, 2.05) is 0 Å². The molecule has 1 rings (SSSR count). The quantitative estimate of drug-likeness (QED) is 0.859. The minimum absolute atomic E-state index is 0.0292. The number of carboxylic acids is 1. The standard InChI is InChI=1S/C11H9F2NO2/c1-6-2-3-7(5-14)10(11(12)13)8(6)4-9(15)16/h2-3,11H,4H2,1H3,(H,15,16). The molecule has 0 saturated heterocycles. The number of benzene rings is 1. The number of halogens is 2. The van der Waals surface area contributed by atoms with Gasteiger partial charge in [-0.15, -0.1) is 0 Å². The van der Waals surface area contributed by atoms with Gasteiger partial charge in [0.2, 0.25) is 0 Å². The summed E-state index contributed by atoms with van der Waals surface area (Å²) < 4.78 is 25.5. The van der Waals surface area contributed by atoms with Crippen molar-refractivity contribution in [2.75, 3.05) is 0 Å². The first-order valence-electron chi connectivity index (χ1n) is 4.49. The van der Waals surface area contributed by atoms with Gasteiger partial charge >= 0.3 is 5.97 Å². The molecule has 5 heteroatoms. The Morgan fingerprint density at radius 1 is 1.56 bits per heavy atom. The van der Waals surface area contributed by atoms with Crippen molar-refractivity contribution in [1.82, 2.24) is 0 Å². The van der Waals surface area contributed by atoms with Gasteiger partial charge in [-0.05, 0) is 24.1 Å². The van der Waals surface area contributed by atoms with Crippen LogP contribution in [-0.2, 0) is 11.2 Å². The SMILES string of the molecule is Cc1ccc(C#N)c(C(F)F)c1CC(=O)O. The summed E-state index contributed by atoms with van der Waals surface area (Å²) in [7, 11) is 0. The smallest absolute Gasteiger partial charge is 0.307 e. The van der Waals surface area contributed by atoms with Gasteiger partial charge in [0, 0.05) is 5.56 Å². The summed E-state index contributed by atoms with van der Waals surface area (Å²) in [6, 6.07) is 4.40. The average molecular weight is 225 g/mol. The minimum Gasteiger partial charge on any atom is -0.481 e. The van der Waals surface area contributed by atoms with Crippen molar-refractivity contribution in [3.63, 3.8) is 0 Å². The van der Waals surface area contributed by atoms with Crippen LogP contribution < -0.4 is 0 Å². The first-order valence-corrected chi connectivity index (χ1v) is 4.49.